The fraction of sp³-hybridized carbons (Fsp3) is 1.00. The normalized spacial score (nSPS) is 42.5. The molecule has 0 aromatic carbocycles. The maximum atomic E-state index is 2.55. The average molecular weight is 181 g/mol. The van der Waals surface area contributed by atoms with Crippen LogP contribution in [0, 0.1) is 17.8 Å². The molecule has 1 saturated carbocycles. The first-order chi connectivity index (χ1) is 6.27. The molecule has 1 heteroatoms. The average Bonchev–Trinajstić information content (AvgIpc) is 2.27. The minimum atomic E-state index is 0.982. The van der Waals surface area contributed by atoms with E-state index in [2.05, 4.69) is 18.9 Å². The molecular weight excluding hydrogens is 158 g/mol. The molecule has 1 unspecified atom stereocenters. The predicted molar refractivity (Wildman–Crippen MR) is 56.7 cm³/mol. The number of likely N-dealkylation sites (tertiary alicyclic amines) is 1. The van der Waals surface area contributed by atoms with E-state index in [9.17, 15) is 0 Å². The van der Waals surface area contributed by atoms with Crippen molar-refractivity contribution in [2.75, 3.05) is 20.1 Å². The topological polar surface area (TPSA) is 3.24 Å². The molecule has 1 aliphatic carbocycles. The highest BCUT2D eigenvalue weighted by Crippen LogP contribution is 2.38. The summed E-state index contributed by atoms with van der Waals surface area (Å²) < 4.78 is 0. The highest BCUT2D eigenvalue weighted by Gasteiger charge is 2.32. The van der Waals surface area contributed by atoms with Crippen molar-refractivity contribution in [2.24, 2.45) is 17.8 Å². The zero-order valence-corrected chi connectivity index (χ0v) is 9.13. The largest absolute Gasteiger partial charge is 0.306 e. The van der Waals surface area contributed by atoms with Crippen molar-refractivity contribution < 1.29 is 0 Å². The van der Waals surface area contributed by atoms with Crippen LogP contribution in [-0.2, 0) is 0 Å². The van der Waals surface area contributed by atoms with Gasteiger partial charge in [-0.2, -0.15) is 0 Å². The SMILES string of the molecule is C[C@H]1CCN(C)C[C@@H]2CCCCC21. The number of hydrogen-bond donors (Lipinski definition) is 0. The van der Waals surface area contributed by atoms with Crippen LogP contribution >= 0.6 is 0 Å². The molecule has 0 aromatic heterocycles. The molecule has 0 N–H and O–H groups in total. The maximum absolute atomic E-state index is 2.55. The molecule has 0 bridgehead atoms. The van der Waals surface area contributed by atoms with Crippen LogP contribution in [0.2, 0.25) is 0 Å². The van der Waals surface area contributed by atoms with E-state index in [1.165, 1.54) is 45.2 Å². The van der Waals surface area contributed by atoms with Crippen molar-refractivity contribution >= 4 is 0 Å². The first kappa shape index (κ1) is 9.51. The Bertz CT molecular complexity index is 167. The van der Waals surface area contributed by atoms with Crippen LogP contribution in [0.25, 0.3) is 0 Å². The highest BCUT2D eigenvalue weighted by atomic mass is 15.1. The molecule has 0 spiro atoms. The minimum Gasteiger partial charge on any atom is -0.306 e. The summed E-state index contributed by atoms with van der Waals surface area (Å²) in [7, 11) is 2.30. The Kier molecular flexibility index (Phi) is 2.92. The van der Waals surface area contributed by atoms with E-state index >= 15 is 0 Å². The highest BCUT2D eigenvalue weighted by molar-refractivity contribution is 4.83. The molecule has 0 amide bonds. The van der Waals surface area contributed by atoms with Crippen molar-refractivity contribution in [2.45, 2.75) is 39.0 Å². The van der Waals surface area contributed by atoms with E-state index in [-0.39, 0.29) is 0 Å². The summed E-state index contributed by atoms with van der Waals surface area (Å²) >= 11 is 0. The van der Waals surface area contributed by atoms with E-state index in [0.717, 1.165) is 17.8 Å². The van der Waals surface area contributed by atoms with Gasteiger partial charge < -0.3 is 4.90 Å². The smallest absolute Gasteiger partial charge is 0.000936 e. The Morgan fingerprint density at radius 2 is 1.85 bits per heavy atom. The van der Waals surface area contributed by atoms with Crippen molar-refractivity contribution in [1.82, 2.24) is 4.90 Å². The van der Waals surface area contributed by atoms with E-state index < -0.39 is 0 Å². The van der Waals surface area contributed by atoms with E-state index in [4.69, 9.17) is 0 Å². The van der Waals surface area contributed by atoms with Crippen LogP contribution in [0.4, 0.5) is 0 Å². The Hall–Kier alpha value is -0.0400. The minimum absolute atomic E-state index is 0.982. The van der Waals surface area contributed by atoms with Gasteiger partial charge in [-0.1, -0.05) is 19.8 Å². The maximum Gasteiger partial charge on any atom is 0.000936 e. The predicted octanol–water partition coefficient (Wildman–Crippen LogP) is 2.76. The molecule has 76 valence electrons. The Morgan fingerprint density at radius 1 is 1.08 bits per heavy atom. The summed E-state index contributed by atoms with van der Waals surface area (Å²) in [6, 6.07) is 0. The van der Waals surface area contributed by atoms with Crippen LogP contribution in [-0.4, -0.2) is 25.0 Å². The molecule has 2 rings (SSSR count). The molecule has 2 aliphatic rings. The van der Waals surface area contributed by atoms with Gasteiger partial charge in [0.1, 0.15) is 0 Å². The third-order valence-corrected chi connectivity index (χ3v) is 4.21. The summed E-state index contributed by atoms with van der Waals surface area (Å²) in [5.74, 6) is 3.06. The number of rotatable bonds is 0. The zero-order chi connectivity index (χ0) is 9.26. The summed E-state index contributed by atoms with van der Waals surface area (Å²) in [6.45, 7) is 5.17. The molecule has 1 nitrogen and oxygen atoms in total. The van der Waals surface area contributed by atoms with E-state index in [0.29, 0.717) is 0 Å². The van der Waals surface area contributed by atoms with Gasteiger partial charge in [0.2, 0.25) is 0 Å². The van der Waals surface area contributed by atoms with Crippen molar-refractivity contribution in [3.05, 3.63) is 0 Å². The first-order valence-electron chi connectivity index (χ1n) is 5.96. The third kappa shape index (κ3) is 2.07. The first-order valence-corrected chi connectivity index (χ1v) is 5.96. The summed E-state index contributed by atoms with van der Waals surface area (Å²) in [4.78, 5) is 2.55. The molecule has 1 saturated heterocycles. The van der Waals surface area contributed by atoms with Gasteiger partial charge in [0.25, 0.3) is 0 Å². The van der Waals surface area contributed by atoms with Crippen molar-refractivity contribution in [1.29, 1.82) is 0 Å². The van der Waals surface area contributed by atoms with Gasteiger partial charge in [0, 0.05) is 6.54 Å². The third-order valence-electron chi connectivity index (χ3n) is 4.21. The summed E-state index contributed by atoms with van der Waals surface area (Å²) in [5, 5.41) is 0. The van der Waals surface area contributed by atoms with Gasteiger partial charge in [-0.25, -0.2) is 0 Å². The van der Waals surface area contributed by atoms with Gasteiger partial charge in [-0.05, 0) is 50.6 Å². The molecule has 13 heavy (non-hydrogen) atoms. The van der Waals surface area contributed by atoms with Gasteiger partial charge in [0.05, 0.1) is 0 Å². The van der Waals surface area contributed by atoms with Gasteiger partial charge in [-0.15, -0.1) is 0 Å². The number of hydrogen-bond acceptors (Lipinski definition) is 1. The standard InChI is InChI=1S/C12H23N/c1-10-7-8-13(2)9-11-5-3-4-6-12(10)11/h10-12H,3-9H2,1-2H3/t10-,11-,12?/m0/s1. The number of fused-ring (bicyclic) bond motifs is 1. The Labute approximate surface area is 82.5 Å². The quantitative estimate of drug-likeness (QED) is 0.555. The zero-order valence-electron chi connectivity index (χ0n) is 9.13. The van der Waals surface area contributed by atoms with E-state index in [1.807, 2.05) is 0 Å². The Balaban J connectivity index is 2.04. The van der Waals surface area contributed by atoms with Crippen LogP contribution in [0.15, 0.2) is 0 Å². The molecule has 1 heterocycles. The van der Waals surface area contributed by atoms with Crippen LogP contribution < -0.4 is 0 Å². The van der Waals surface area contributed by atoms with Gasteiger partial charge >= 0.3 is 0 Å². The second-order valence-corrected chi connectivity index (χ2v) is 5.24. The lowest BCUT2D eigenvalue weighted by atomic mass is 9.73. The molecule has 2 fully saturated rings. The monoisotopic (exact) mass is 181 g/mol. The van der Waals surface area contributed by atoms with Crippen LogP contribution in [0.3, 0.4) is 0 Å². The van der Waals surface area contributed by atoms with Crippen molar-refractivity contribution in [3.8, 4) is 0 Å². The molecule has 0 radical (unpaired) electrons. The van der Waals surface area contributed by atoms with Crippen molar-refractivity contribution in [3.63, 3.8) is 0 Å². The second kappa shape index (κ2) is 4.00. The fourth-order valence-corrected chi connectivity index (χ4v) is 3.34. The molecule has 1 aliphatic heterocycles. The van der Waals surface area contributed by atoms with Gasteiger partial charge in [0.15, 0.2) is 0 Å². The Morgan fingerprint density at radius 3 is 2.69 bits per heavy atom. The number of nitrogens with zero attached hydrogens (tertiary/aromatic N) is 1. The fourth-order valence-electron chi connectivity index (χ4n) is 3.34. The molecular formula is C12H23N. The molecule has 0 aromatic rings. The second-order valence-electron chi connectivity index (χ2n) is 5.24. The summed E-state index contributed by atoms with van der Waals surface area (Å²) in [6.07, 6.45) is 7.42. The van der Waals surface area contributed by atoms with Crippen LogP contribution in [0.1, 0.15) is 39.0 Å². The lowest BCUT2D eigenvalue weighted by molar-refractivity contribution is 0.166. The van der Waals surface area contributed by atoms with E-state index in [1.54, 1.807) is 0 Å². The molecule has 3 atom stereocenters. The lowest BCUT2D eigenvalue weighted by Crippen LogP contribution is -2.30. The summed E-state index contributed by atoms with van der Waals surface area (Å²) in [5.41, 5.74) is 0. The van der Waals surface area contributed by atoms with Gasteiger partial charge in [-0.3, -0.25) is 0 Å². The lowest BCUT2D eigenvalue weighted by Gasteiger charge is -2.34. The van der Waals surface area contributed by atoms with Crippen LogP contribution in [0.5, 0.6) is 0 Å².